The van der Waals surface area contributed by atoms with E-state index in [1.54, 1.807) is 36.4 Å². The molecule has 1 aromatic heterocycles. The summed E-state index contributed by atoms with van der Waals surface area (Å²) >= 11 is 0. The number of hydrogen-bond donors (Lipinski definition) is 0. The molecule has 0 spiro atoms. The molecule has 0 radical (unpaired) electrons. The van der Waals surface area contributed by atoms with Crippen LogP contribution in [0.25, 0.3) is 5.69 Å². The van der Waals surface area contributed by atoms with Crippen molar-refractivity contribution in [3.63, 3.8) is 0 Å². The van der Waals surface area contributed by atoms with Crippen molar-refractivity contribution >= 4 is 11.4 Å². The third-order valence-electron chi connectivity index (χ3n) is 5.85. The highest BCUT2D eigenvalue weighted by molar-refractivity contribution is 6.03. The number of benzene rings is 4. The van der Waals surface area contributed by atoms with Crippen LogP contribution < -0.4 is 21.2 Å². The first kappa shape index (κ1) is 21.4. The van der Waals surface area contributed by atoms with Crippen LogP contribution in [0.2, 0.25) is 0 Å². The molecule has 36 heavy (non-hydrogen) atoms. The van der Waals surface area contributed by atoms with Gasteiger partial charge < -0.3 is 4.74 Å². The smallest absolute Gasteiger partial charge is 0.373 e. The molecule has 1 aliphatic rings. The summed E-state index contributed by atoms with van der Waals surface area (Å²) in [6, 6.07) is 36.7. The van der Waals surface area contributed by atoms with Gasteiger partial charge in [0, 0.05) is 5.56 Å². The Morgan fingerprint density at radius 2 is 1.14 bits per heavy atom. The molecule has 0 saturated carbocycles. The summed E-state index contributed by atoms with van der Waals surface area (Å²) in [5, 5.41) is 6.31. The van der Waals surface area contributed by atoms with Gasteiger partial charge in [0.15, 0.2) is 0 Å². The predicted molar refractivity (Wildman–Crippen MR) is 138 cm³/mol. The first-order valence-electron chi connectivity index (χ1n) is 11.5. The Kier molecular flexibility index (Phi) is 5.31. The molecule has 1 atom stereocenters. The third-order valence-corrected chi connectivity index (χ3v) is 5.85. The van der Waals surface area contributed by atoms with E-state index in [2.05, 4.69) is 0 Å². The van der Waals surface area contributed by atoms with E-state index in [0.717, 1.165) is 10.1 Å². The molecule has 1 unspecified atom stereocenters. The summed E-state index contributed by atoms with van der Waals surface area (Å²) in [5.41, 5.74) is 1.21. The van der Waals surface area contributed by atoms with Crippen molar-refractivity contribution < 1.29 is 4.74 Å². The minimum atomic E-state index is -1.00. The zero-order valence-electron chi connectivity index (χ0n) is 19.1. The number of para-hydroxylation sites is 3. The van der Waals surface area contributed by atoms with Gasteiger partial charge in [0.1, 0.15) is 11.5 Å². The van der Waals surface area contributed by atoms with E-state index in [9.17, 15) is 9.59 Å². The number of fused-ring (bicyclic) bond motifs is 1. The Labute approximate surface area is 206 Å². The van der Waals surface area contributed by atoms with Crippen molar-refractivity contribution in [1.29, 1.82) is 0 Å². The van der Waals surface area contributed by atoms with Crippen LogP contribution in [0.15, 0.2) is 136 Å². The van der Waals surface area contributed by atoms with Gasteiger partial charge in [-0.3, -0.25) is 0 Å². The van der Waals surface area contributed by atoms with Crippen LogP contribution in [0.3, 0.4) is 0 Å². The Morgan fingerprint density at radius 1 is 0.611 bits per heavy atom. The summed E-state index contributed by atoms with van der Waals surface area (Å²) in [4.78, 5) is 29.0. The van der Waals surface area contributed by atoms with E-state index in [0.29, 0.717) is 22.8 Å². The van der Waals surface area contributed by atoms with E-state index < -0.39 is 17.6 Å². The van der Waals surface area contributed by atoms with Crippen molar-refractivity contribution in [1.82, 2.24) is 14.0 Å². The Morgan fingerprint density at radius 3 is 1.75 bits per heavy atom. The normalized spacial score (nSPS) is 14.7. The Bertz CT molecular complexity index is 1640. The van der Waals surface area contributed by atoms with Gasteiger partial charge in [-0.15, -0.1) is 15.0 Å². The van der Waals surface area contributed by atoms with E-state index in [1.165, 1.54) is 14.6 Å². The summed E-state index contributed by atoms with van der Waals surface area (Å²) in [6.07, 6.45) is -1.00. The molecule has 8 nitrogen and oxygen atoms in total. The van der Waals surface area contributed by atoms with E-state index in [4.69, 9.17) is 9.84 Å². The second kappa shape index (κ2) is 8.92. The average Bonchev–Trinajstić information content (AvgIpc) is 3.21. The van der Waals surface area contributed by atoms with Crippen LogP contribution in [-0.4, -0.2) is 19.8 Å². The van der Waals surface area contributed by atoms with E-state index in [-0.39, 0.29) is 0 Å². The second-order valence-corrected chi connectivity index (χ2v) is 8.13. The fourth-order valence-electron chi connectivity index (χ4n) is 4.20. The molecule has 4 aromatic carbocycles. The maximum absolute atomic E-state index is 13.9. The fraction of sp³-hybridized carbons (Fsp3) is 0.0357. The fourth-order valence-corrected chi connectivity index (χ4v) is 4.20. The predicted octanol–water partition coefficient (Wildman–Crippen LogP) is 4.07. The lowest BCUT2D eigenvalue weighted by Crippen LogP contribution is -2.49. The molecule has 2 heterocycles. The molecule has 0 N–H and O–H groups in total. The average molecular weight is 476 g/mol. The molecule has 6 rings (SSSR count). The summed E-state index contributed by atoms with van der Waals surface area (Å²) in [6.45, 7) is 0. The lowest BCUT2D eigenvalue weighted by atomic mass is 10.1. The molecule has 1 aliphatic heterocycles. The van der Waals surface area contributed by atoms with Crippen LogP contribution in [0.4, 0.5) is 5.69 Å². The van der Waals surface area contributed by atoms with Crippen LogP contribution in [0, 0.1) is 0 Å². The quantitative estimate of drug-likeness (QED) is 0.384. The van der Waals surface area contributed by atoms with Gasteiger partial charge >= 0.3 is 11.4 Å². The van der Waals surface area contributed by atoms with Gasteiger partial charge in [-0.1, -0.05) is 84.9 Å². The van der Waals surface area contributed by atoms with Crippen molar-refractivity contribution in [2.24, 2.45) is 5.10 Å². The number of nitrogens with zero attached hydrogens (tertiary/aromatic N) is 5. The SMILES string of the molecule is O=c1n(-c2ccccc2)c(=O)n2n1C(Oc1ccccc1)C(c1ccccc1)=NN2c1ccccc1. The van der Waals surface area contributed by atoms with Gasteiger partial charge in [0.05, 0.1) is 11.4 Å². The largest absolute Gasteiger partial charge is 0.462 e. The standard InChI is InChI=1S/C28H21N5O3/c34-27-30(22-15-7-2-8-16-22)28(35)33-31(27)26(36-24-19-11-4-12-20-24)25(21-13-5-1-6-14-21)29-32(33)23-17-9-3-10-18-23/h1-20,26H. The minimum Gasteiger partial charge on any atom is -0.462 e. The van der Waals surface area contributed by atoms with E-state index in [1.807, 2.05) is 84.9 Å². The van der Waals surface area contributed by atoms with Gasteiger partial charge in [0.2, 0.25) is 6.23 Å². The molecule has 5 aromatic rings. The molecule has 0 amide bonds. The van der Waals surface area contributed by atoms with Crippen LogP contribution >= 0.6 is 0 Å². The summed E-state index contributed by atoms with van der Waals surface area (Å²) in [7, 11) is 0. The van der Waals surface area contributed by atoms with Crippen molar-refractivity contribution in [3.8, 4) is 11.4 Å². The number of ether oxygens (including phenoxy) is 1. The zero-order valence-corrected chi connectivity index (χ0v) is 19.1. The molecule has 0 saturated heterocycles. The lowest BCUT2D eigenvalue weighted by molar-refractivity contribution is 0.152. The molecular formula is C28H21N5O3. The number of hydrazone groups is 1. The monoisotopic (exact) mass is 475 g/mol. The zero-order chi connectivity index (χ0) is 24.5. The first-order chi connectivity index (χ1) is 17.7. The van der Waals surface area contributed by atoms with Crippen LogP contribution in [0.5, 0.6) is 5.75 Å². The molecule has 8 heteroatoms. The lowest BCUT2D eigenvalue weighted by Gasteiger charge is -2.32. The third kappa shape index (κ3) is 3.61. The van der Waals surface area contributed by atoms with Gasteiger partial charge in [-0.2, -0.15) is 4.68 Å². The van der Waals surface area contributed by atoms with Crippen LogP contribution in [-0.2, 0) is 0 Å². The van der Waals surface area contributed by atoms with Gasteiger partial charge in [-0.25, -0.2) is 14.2 Å². The van der Waals surface area contributed by atoms with Gasteiger partial charge in [-0.05, 0) is 36.4 Å². The molecule has 176 valence electrons. The number of anilines is 1. The number of rotatable bonds is 5. The molecule has 0 aliphatic carbocycles. The van der Waals surface area contributed by atoms with E-state index >= 15 is 0 Å². The maximum Gasteiger partial charge on any atom is 0.373 e. The highest BCUT2D eigenvalue weighted by Gasteiger charge is 2.37. The van der Waals surface area contributed by atoms with Crippen molar-refractivity contribution in [2.45, 2.75) is 6.23 Å². The van der Waals surface area contributed by atoms with Crippen LogP contribution in [0.1, 0.15) is 11.8 Å². The molecule has 0 bridgehead atoms. The summed E-state index contributed by atoms with van der Waals surface area (Å²) < 4.78 is 8.79. The molecule has 0 fully saturated rings. The number of aromatic nitrogens is 3. The molecular weight excluding hydrogens is 454 g/mol. The maximum atomic E-state index is 13.9. The first-order valence-corrected chi connectivity index (χ1v) is 11.5. The van der Waals surface area contributed by atoms with Crippen molar-refractivity contribution in [3.05, 3.63) is 148 Å². The Hall–Kier alpha value is -5.11. The Balaban J connectivity index is 1.65. The second-order valence-electron chi connectivity index (χ2n) is 8.13. The van der Waals surface area contributed by atoms with Gasteiger partial charge in [0.25, 0.3) is 0 Å². The topological polar surface area (TPSA) is 73.8 Å². The highest BCUT2D eigenvalue weighted by atomic mass is 16.5. The number of hydrogen-bond acceptors (Lipinski definition) is 5. The summed E-state index contributed by atoms with van der Waals surface area (Å²) in [5.74, 6) is 0.539. The minimum absolute atomic E-state index is 0.453. The van der Waals surface area contributed by atoms with Crippen molar-refractivity contribution in [2.75, 3.05) is 5.12 Å². The highest BCUT2D eigenvalue weighted by Crippen LogP contribution is 2.27.